The van der Waals surface area contributed by atoms with E-state index in [2.05, 4.69) is 9.78 Å². The van der Waals surface area contributed by atoms with E-state index in [1.54, 1.807) is 0 Å². The fraction of sp³-hybridized carbons (Fsp3) is 0.875. The van der Waals surface area contributed by atoms with Crippen LogP contribution in [-0.2, 0) is 55.3 Å². The molecule has 0 aliphatic heterocycles. The van der Waals surface area contributed by atoms with Gasteiger partial charge in [0.15, 0.2) is 0 Å². The van der Waals surface area contributed by atoms with Crippen LogP contribution in [0.4, 0.5) is 0 Å². The van der Waals surface area contributed by atoms with Crippen molar-refractivity contribution in [3.8, 4) is 0 Å². The Kier molecular flexibility index (Phi) is 16.9. The molecule has 7 heteroatoms. The van der Waals surface area contributed by atoms with Crippen molar-refractivity contribution in [1.82, 2.24) is 0 Å². The van der Waals surface area contributed by atoms with E-state index in [1.165, 1.54) is 0 Å². The summed E-state index contributed by atoms with van der Waals surface area (Å²) in [7, 11) is 0. The summed E-state index contributed by atoms with van der Waals surface area (Å²) in [5.74, 6) is -0.607. The minimum atomic E-state index is -0.413. The summed E-state index contributed by atoms with van der Waals surface area (Å²) in [6, 6.07) is 0. The first-order valence-electron chi connectivity index (χ1n) is 7.68. The molecular weight excluding hydrogens is 379 g/mol. The van der Waals surface area contributed by atoms with Crippen LogP contribution in [0.1, 0.15) is 81.1 Å². The van der Waals surface area contributed by atoms with Gasteiger partial charge < -0.3 is 0 Å². The van der Waals surface area contributed by atoms with Crippen molar-refractivity contribution < 1.29 is 55.3 Å². The van der Waals surface area contributed by atoms with E-state index in [4.69, 9.17) is 9.78 Å². The Labute approximate surface area is 159 Å². The molecule has 0 aromatic heterocycles. The number of hydrogen-bond donors (Lipinski definition) is 0. The predicted octanol–water partition coefficient (Wildman–Crippen LogP) is 4.12. The first-order valence-corrected chi connectivity index (χ1v) is 7.68. The van der Waals surface area contributed by atoms with Crippen LogP contribution in [0.25, 0.3) is 0 Å². The first-order chi connectivity index (χ1) is 9.91. The maximum atomic E-state index is 10.7. The second kappa shape index (κ2) is 14.1. The van der Waals surface area contributed by atoms with Gasteiger partial charge in [-0.25, -0.2) is 9.59 Å². The van der Waals surface area contributed by atoms with E-state index < -0.39 is 11.2 Å². The average Bonchev–Trinajstić information content (AvgIpc) is 2.34. The molecule has 0 aliphatic rings. The van der Waals surface area contributed by atoms with Gasteiger partial charge in [-0.05, 0) is 54.4 Å². The fourth-order valence-electron chi connectivity index (χ4n) is 0.835. The number of hydrogen-bond acceptors (Lipinski definition) is 6. The van der Waals surface area contributed by atoms with Crippen LogP contribution in [0, 0.1) is 0 Å². The van der Waals surface area contributed by atoms with Crippen molar-refractivity contribution in [2.24, 2.45) is 0 Å². The molecule has 0 radical (unpaired) electrons. The smallest absolute Gasteiger partial charge is 0.298 e. The summed E-state index contributed by atoms with van der Waals surface area (Å²) in [6.07, 6.45) is 2.39. The Bertz CT molecular complexity index is 286. The van der Waals surface area contributed by atoms with Gasteiger partial charge in [-0.15, -0.1) is 0 Å². The molecule has 0 aromatic rings. The molecule has 0 unspecified atom stereocenters. The zero-order valence-corrected chi connectivity index (χ0v) is 18.2. The molecule has 0 atom stereocenters. The van der Waals surface area contributed by atoms with Crippen molar-refractivity contribution in [3.05, 3.63) is 0 Å². The maximum absolute atomic E-state index is 10.7. The van der Waals surface area contributed by atoms with E-state index in [0.29, 0.717) is 12.8 Å². The average molecular weight is 412 g/mol. The zero-order valence-electron chi connectivity index (χ0n) is 15.8. The molecule has 6 nitrogen and oxygen atoms in total. The van der Waals surface area contributed by atoms with Crippen molar-refractivity contribution in [3.63, 3.8) is 0 Å². The predicted molar refractivity (Wildman–Crippen MR) is 83.7 cm³/mol. The summed E-state index contributed by atoms with van der Waals surface area (Å²) in [5, 5.41) is 0. The molecule has 0 spiro atoms. The van der Waals surface area contributed by atoms with Gasteiger partial charge in [-0.2, -0.15) is 9.78 Å². The molecule has 0 heterocycles. The number of rotatable bonds is 6. The zero-order chi connectivity index (χ0) is 17.8. The topological polar surface area (TPSA) is 71.1 Å². The normalized spacial score (nSPS) is 10.8. The van der Waals surface area contributed by atoms with Crippen LogP contribution >= 0.6 is 0 Å². The van der Waals surface area contributed by atoms with Crippen LogP contribution in [0.2, 0.25) is 0 Å². The monoisotopic (exact) mass is 410 g/mol. The van der Waals surface area contributed by atoms with Crippen LogP contribution in [-0.4, -0.2) is 23.1 Å². The molecular formula is C16H32O6Zr. The Balaban J connectivity index is -0.000000333. The largest absolute Gasteiger partial charge is 0.342 e. The van der Waals surface area contributed by atoms with E-state index in [0.717, 1.165) is 12.8 Å². The van der Waals surface area contributed by atoms with Gasteiger partial charge in [0.05, 0.1) is 0 Å². The molecule has 0 amide bonds. The molecule has 0 aliphatic carbocycles. The summed E-state index contributed by atoms with van der Waals surface area (Å²) < 4.78 is 0. The van der Waals surface area contributed by atoms with Crippen molar-refractivity contribution in [2.75, 3.05) is 0 Å². The van der Waals surface area contributed by atoms with Crippen LogP contribution in [0.15, 0.2) is 0 Å². The molecule has 0 fully saturated rings. The third-order valence-electron chi connectivity index (χ3n) is 1.68. The van der Waals surface area contributed by atoms with E-state index in [9.17, 15) is 9.59 Å². The quantitative estimate of drug-likeness (QED) is 0.484. The number of carbonyl (C=O) groups excluding carboxylic acids is 2. The Hall–Kier alpha value is -0.257. The second-order valence-corrected chi connectivity index (χ2v) is 6.80. The third kappa shape index (κ3) is 26.9. The summed E-state index contributed by atoms with van der Waals surface area (Å²) >= 11 is 0. The molecule has 23 heavy (non-hydrogen) atoms. The van der Waals surface area contributed by atoms with Crippen molar-refractivity contribution in [1.29, 1.82) is 0 Å². The molecule has 0 saturated heterocycles. The minimum Gasteiger partial charge on any atom is -0.298 e. The van der Waals surface area contributed by atoms with Gasteiger partial charge in [0, 0.05) is 39.0 Å². The van der Waals surface area contributed by atoms with E-state index in [-0.39, 0.29) is 38.1 Å². The second-order valence-electron chi connectivity index (χ2n) is 6.80. The van der Waals surface area contributed by atoms with Gasteiger partial charge >= 0.3 is 11.9 Å². The summed E-state index contributed by atoms with van der Waals surface area (Å²) in [4.78, 5) is 40.1. The molecule has 0 aromatic carbocycles. The van der Waals surface area contributed by atoms with Crippen LogP contribution < -0.4 is 0 Å². The summed E-state index contributed by atoms with van der Waals surface area (Å²) in [6.45, 7) is 14.8. The SMILES string of the molecule is CCCC(=O)OOC(C)(C)C.CCCC(=O)OOC(C)(C)C.[Zr]. The van der Waals surface area contributed by atoms with Crippen LogP contribution in [0.5, 0.6) is 0 Å². The minimum absolute atomic E-state index is 0. The van der Waals surface area contributed by atoms with Crippen molar-refractivity contribution >= 4 is 11.9 Å². The number of carbonyl (C=O) groups is 2. The van der Waals surface area contributed by atoms with E-state index >= 15 is 0 Å². The molecule has 0 bridgehead atoms. The Morgan fingerprint density at radius 3 is 1.13 bits per heavy atom. The van der Waals surface area contributed by atoms with Gasteiger partial charge in [0.2, 0.25) is 0 Å². The Morgan fingerprint density at radius 1 is 0.696 bits per heavy atom. The first kappa shape index (κ1) is 27.6. The molecule has 0 rings (SSSR count). The van der Waals surface area contributed by atoms with Gasteiger partial charge in [-0.1, -0.05) is 13.8 Å². The van der Waals surface area contributed by atoms with Crippen LogP contribution in [0.3, 0.4) is 0 Å². The summed E-state index contributed by atoms with van der Waals surface area (Å²) in [5.41, 5.74) is -0.827. The van der Waals surface area contributed by atoms with E-state index in [1.807, 2.05) is 55.4 Å². The molecule has 0 saturated carbocycles. The van der Waals surface area contributed by atoms with Gasteiger partial charge in [0.1, 0.15) is 11.2 Å². The maximum Gasteiger partial charge on any atom is 0.342 e. The van der Waals surface area contributed by atoms with Gasteiger partial charge in [0.25, 0.3) is 0 Å². The standard InChI is InChI=1S/2C8H16O3.Zr/c2*1-5-6-7(9)10-11-8(2,3)4;/h2*5-6H2,1-4H3;. The van der Waals surface area contributed by atoms with Crippen molar-refractivity contribution in [2.45, 2.75) is 92.3 Å². The third-order valence-corrected chi connectivity index (χ3v) is 1.68. The Morgan fingerprint density at radius 2 is 0.957 bits per heavy atom. The van der Waals surface area contributed by atoms with Gasteiger partial charge in [-0.3, -0.25) is 9.78 Å². The molecule has 136 valence electrons. The molecule has 0 N–H and O–H groups in total. The fourth-order valence-corrected chi connectivity index (χ4v) is 0.835.